The molecular weight excluding hydrogens is 206 g/mol. The van der Waals surface area contributed by atoms with E-state index >= 15 is 0 Å². The number of nitrogens with zero attached hydrogens (tertiary/aromatic N) is 2. The fourth-order valence-electron chi connectivity index (χ4n) is 1.88. The predicted octanol–water partition coefficient (Wildman–Crippen LogP) is 1.11. The Morgan fingerprint density at radius 1 is 1.38 bits per heavy atom. The van der Waals surface area contributed by atoms with Crippen molar-refractivity contribution in [2.75, 3.05) is 13.2 Å². The van der Waals surface area contributed by atoms with Gasteiger partial charge in [0.15, 0.2) is 11.2 Å². The van der Waals surface area contributed by atoms with Gasteiger partial charge in [-0.2, -0.15) is 4.98 Å². The number of aryl methyl sites for hydroxylation is 1. The summed E-state index contributed by atoms with van der Waals surface area (Å²) in [4.78, 5) is 8.64. The molecule has 2 aromatic heterocycles. The van der Waals surface area contributed by atoms with E-state index in [1.165, 1.54) is 0 Å². The molecule has 0 saturated carbocycles. The zero-order valence-corrected chi connectivity index (χ0v) is 9.06. The molecule has 1 fully saturated rings. The van der Waals surface area contributed by atoms with Gasteiger partial charge in [0.05, 0.1) is 6.61 Å². The van der Waals surface area contributed by atoms with Crippen molar-refractivity contribution < 1.29 is 9.15 Å². The van der Waals surface area contributed by atoms with Gasteiger partial charge in [0.2, 0.25) is 5.89 Å². The summed E-state index contributed by atoms with van der Waals surface area (Å²) in [6, 6.07) is 3.76. The number of nitrogens with two attached hydrogens (primary N) is 1. The number of hydrogen-bond acceptors (Lipinski definition) is 5. The second-order valence-electron chi connectivity index (χ2n) is 4.25. The van der Waals surface area contributed by atoms with Gasteiger partial charge in [-0.15, -0.1) is 0 Å². The molecule has 1 saturated heterocycles. The molecule has 2 N–H and O–H groups in total. The summed E-state index contributed by atoms with van der Waals surface area (Å²) in [6.07, 6.45) is 0.735. The Labute approximate surface area is 92.6 Å². The molecule has 0 bridgehead atoms. The summed E-state index contributed by atoms with van der Waals surface area (Å²) in [5.74, 6) is 0.526. The van der Waals surface area contributed by atoms with E-state index in [0.29, 0.717) is 30.3 Å². The molecule has 1 atom stereocenters. The van der Waals surface area contributed by atoms with E-state index in [2.05, 4.69) is 9.97 Å². The van der Waals surface area contributed by atoms with E-state index < -0.39 is 5.54 Å². The van der Waals surface area contributed by atoms with Crippen LogP contribution in [0.4, 0.5) is 0 Å². The molecule has 5 heteroatoms. The summed E-state index contributed by atoms with van der Waals surface area (Å²) in [5.41, 5.74) is 7.80. The standard InChI is InChI=1S/C11H13N3O2/c1-7-2-3-8-9(13-7)14-10(16-8)11(12)4-5-15-6-11/h2-3H,4-6,12H2,1H3. The van der Waals surface area contributed by atoms with Crippen LogP contribution in [-0.2, 0) is 10.3 Å². The molecule has 2 aromatic rings. The van der Waals surface area contributed by atoms with Crippen molar-refractivity contribution in [3.05, 3.63) is 23.7 Å². The normalized spacial score (nSPS) is 25.4. The third-order valence-corrected chi connectivity index (χ3v) is 2.87. The number of fused-ring (bicyclic) bond motifs is 1. The van der Waals surface area contributed by atoms with Gasteiger partial charge in [-0.05, 0) is 25.5 Å². The highest BCUT2D eigenvalue weighted by atomic mass is 16.5. The summed E-state index contributed by atoms with van der Waals surface area (Å²) in [6.45, 7) is 3.03. The van der Waals surface area contributed by atoms with Crippen LogP contribution in [0, 0.1) is 6.92 Å². The second-order valence-corrected chi connectivity index (χ2v) is 4.25. The monoisotopic (exact) mass is 219 g/mol. The van der Waals surface area contributed by atoms with E-state index in [0.717, 1.165) is 12.1 Å². The lowest BCUT2D eigenvalue weighted by molar-refractivity contribution is 0.170. The predicted molar refractivity (Wildman–Crippen MR) is 57.8 cm³/mol. The van der Waals surface area contributed by atoms with Crippen LogP contribution in [0.2, 0.25) is 0 Å². The lowest BCUT2D eigenvalue weighted by Gasteiger charge is -2.15. The first-order chi connectivity index (χ1) is 7.67. The Morgan fingerprint density at radius 3 is 3.00 bits per heavy atom. The lowest BCUT2D eigenvalue weighted by atomic mass is 10.0. The highest BCUT2D eigenvalue weighted by Crippen LogP contribution is 2.29. The van der Waals surface area contributed by atoms with Crippen LogP contribution in [0.25, 0.3) is 11.2 Å². The Bertz CT molecular complexity index is 529. The number of oxazole rings is 1. The molecule has 5 nitrogen and oxygen atoms in total. The van der Waals surface area contributed by atoms with Crippen LogP contribution in [0.5, 0.6) is 0 Å². The highest BCUT2D eigenvalue weighted by Gasteiger charge is 2.37. The summed E-state index contributed by atoms with van der Waals surface area (Å²) >= 11 is 0. The third kappa shape index (κ3) is 1.40. The molecule has 0 spiro atoms. The molecule has 3 heterocycles. The molecule has 1 aliphatic rings. The van der Waals surface area contributed by atoms with Gasteiger partial charge >= 0.3 is 0 Å². The van der Waals surface area contributed by atoms with Gasteiger partial charge in [0.1, 0.15) is 5.54 Å². The van der Waals surface area contributed by atoms with Crippen LogP contribution in [0.15, 0.2) is 16.5 Å². The highest BCUT2D eigenvalue weighted by molar-refractivity contribution is 5.67. The first-order valence-corrected chi connectivity index (χ1v) is 5.29. The average molecular weight is 219 g/mol. The van der Waals surface area contributed by atoms with E-state index in [9.17, 15) is 0 Å². The maximum absolute atomic E-state index is 6.17. The quantitative estimate of drug-likeness (QED) is 0.777. The van der Waals surface area contributed by atoms with Gasteiger partial charge in [-0.3, -0.25) is 0 Å². The van der Waals surface area contributed by atoms with Gasteiger partial charge in [-0.25, -0.2) is 4.98 Å². The first kappa shape index (κ1) is 9.74. The minimum atomic E-state index is -0.589. The van der Waals surface area contributed by atoms with Crippen LogP contribution >= 0.6 is 0 Å². The maximum atomic E-state index is 6.17. The van der Waals surface area contributed by atoms with Crippen LogP contribution in [-0.4, -0.2) is 23.2 Å². The lowest BCUT2D eigenvalue weighted by Crippen LogP contribution is -2.37. The molecule has 0 aliphatic carbocycles. The summed E-state index contributed by atoms with van der Waals surface area (Å²) in [7, 11) is 0. The zero-order chi connectivity index (χ0) is 11.2. The zero-order valence-electron chi connectivity index (χ0n) is 9.06. The molecular formula is C11H13N3O2. The van der Waals surface area contributed by atoms with Crippen LogP contribution in [0.3, 0.4) is 0 Å². The SMILES string of the molecule is Cc1ccc2oc(C3(N)CCOC3)nc2n1. The number of rotatable bonds is 1. The Morgan fingerprint density at radius 2 is 2.25 bits per heavy atom. The van der Waals surface area contributed by atoms with Crippen molar-refractivity contribution in [3.63, 3.8) is 0 Å². The minimum Gasteiger partial charge on any atom is -0.437 e. The molecule has 16 heavy (non-hydrogen) atoms. The van der Waals surface area contributed by atoms with E-state index in [1.54, 1.807) is 0 Å². The average Bonchev–Trinajstić information content (AvgIpc) is 2.84. The van der Waals surface area contributed by atoms with Gasteiger partial charge < -0.3 is 14.9 Å². The minimum absolute atomic E-state index is 0.457. The number of aromatic nitrogens is 2. The van der Waals surface area contributed by atoms with Crippen molar-refractivity contribution >= 4 is 11.2 Å². The number of ether oxygens (including phenoxy) is 1. The molecule has 3 rings (SSSR count). The molecule has 0 radical (unpaired) electrons. The number of pyridine rings is 1. The van der Waals surface area contributed by atoms with Crippen molar-refractivity contribution in [1.82, 2.24) is 9.97 Å². The maximum Gasteiger partial charge on any atom is 0.219 e. The Balaban J connectivity index is 2.11. The van der Waals surface area contributed by atoms with E-state index in [-0.39, 0.29) is 0 Å². The van der Waals surface area contributed by atoms with Crippen molar-refractivity contribution in [3.8, 4) is 0 Å². The van der Waals surface area contributed by atoms with Crippen molar-refractivity contribution in [1.29, 1.82) is 0 Å². The second kappa shape index (κ2) is 3.26. The first-order valence-electron chi connectivity index (χ1n) is 5.29. The van der Waals surface area contributed by atoms with Crippen molar-refractivity contribution in [2.45, 2.75) is 18.9 Å². The van der Waals surface area contributed by atoms with Gasteiger partial charge in [0.25, 0.3) is 0 Å². The third-order valence-electron chi connectivity index (χ3n) is 2.87. The van der Waals surface area contributed by atoms with E-state index in [1.807, 2.05) is 19.1 Å². The Kier molecular flexibility index (Phi) is 1.99. The number of hydrogen-bond donors (Lipinski definition) is 1. The molecule has 1 aliphatic heterocycles. The van der Waals surface area contributed by atoms with E-state index in [4.69, 9.17) is 14.9 Å². The summed E-state index contributed by atoms with van der Waals surface area (Å²) in [5, 5.41) is 0. The van der Waals surface area contributed by atoms with Crippen molar-refractivity contribution in [2.24, 2.45) is 5.73 Å². The molecule has 0 aromatic carbocycles. The Hall–Kier alpha value is -1.46. The molecule has 84 valence electrons. The van der Waals surface area contributed by atoms with Crippen LogP contribution in [0.1, 0.15) is 18.0 Å². The molecule has 0 amide bonds. The summed E-state index contributed by atoms with van der Waals surface area (Å²) < 4.78 is 10.9. The van der Waals surface area contributed by atoms with Gasteiger partial charge in [-0.1, -0.05) is 0 Å². The topological polar surface area (TPSA) is 74.2 Å². The van der Waals surface area contributed by atoms with Crippen LogP contribution < -0.4 is 5.73 Å². The fourth-order valence-corrected chi connectivity index (χ4v) is 1.88. The molecule has 1 unspecified atom stereocenters. The smallest absolute Gasteiger partial charge is 0.219 e. The largest absolute Gasteiger partial charge is 0.437 e. The van der Waals surface area contributed by atoms with Gasteiger partial charge in [0, 0.05) is 12.3 Å². The fraction of sp³-hybridized carbons (Fsp3) is 0.455.